The summed E-state index contributed by atoms with van der Waals surface area (Å²) in [5, 5.41) is 18.0. The highest BCUT2D eigenvalue weighted by molar-refractivity contribution is 6.46. The second-order valence-electron chi connectivity index (χ2n) is 3.95. The number of halogens is 3. The molecular formula is C12H9Cl3N2O. The van der Waals surface area contributed by atoms with Gasteiger partial charge in [-0.2, -0.15) is 10.5 Å². The summed E-state index contributed by atoms with van der Waals surface area (Å²) >= 11 is 17.9. The molecule has 0 saturated carbocycles. The molecule has 0 unspecified atom stereocenters. The quantitative estimate of drug-likeness (QED) is 0.776. The largest absolute Gasteiger partial charge is 0.490 e. The first-order valence-corrected chi connectivity index (χ1v) is 6.20. The maximum atomic E-state index is 9.00. The second-order valence-corrected chi connectivity index (χ2v) is 5.08. The maximum absolute atomic E-state index is 9.00. The Hall–Kier alpha value is -1.13. The van der Waals surface area contributed by atoms with Crippen LogP contribution in [0.5, 0.6) is 5.75 Å². The van der Waals surface area contributed by atoms with Gasteiger partial charge in [0.05, 0.1) is 22.8 Å². The van der Waals surface area contributed by atoms with Crippen LogP contribution >= 0.6 is 34.8 Å². The molecule has 0 aliphatic carbocycles. The third-order valence-electron chi connectivity index (χ3n) is 2.07. The SMILES string of the molecule is CC(C)COc1c(Cl)c(Cl)c(C#N)c(C#N)c1Cl. The Balaban J connectivity index is 3.42. The van der Waals surface area contributed by atoms with Crippen molar-refractivity contribution in [3.8, 4) is 17.9 Å². The highest BCUT2D eigenvalue weighted by Gasteiger charge is 2.22. The molecule has 1 aromatic rings. The highest BCUT2D eigenvalue weighted by atomic mass is 35.5. The van der Waals surface area contributed by atoms with Crippen molar-refractivity contribution in [2.24, 2.45) is 5.92 Å². The van der Waals surface area contributed by atoms with E-state index >= 15 is 0 Å². The number of nitriles is 2. The van der Waals surface area contributed by atoms with E-state index in [-0.39, 0.29) is 37.9 Å². The van der Waals surface area contributed by atoms with E-state index in [2.05, 4.69) is 0 Å². The zero-order valence-electron chi connectivity index (χ0n) is 9.72. The third kappa shape index (κ3) is 2.82. The molecule has 0 spiro atoms. The van der Waals surface area contributed by atoms with E-state index in [0.29, 0.717) is 6.61 Å². The molecule has 6 heteroatoms. The van der Waals surface area contributed by atoms with Crippen molar-refractivity contribution in [2.45, 2.75) is 13.8 Å². The van der Waals surface area contributed by atoms with Crippen LogP contribution in [0.4, 0.5) is 0 Å². The maximum Gasteiger partial charge on any atom is 0.159 e. The lowest BCUT2D eigenvalue weighted by Gasteiger charge is -2.14. The average molecular weight is 304 g/mol. The molecule has 0 bridgehead atoms. The van der Waals surface area contributed by atoms with E-state index in [0.717, 1.165) is 0 Å². The minimum Gasteiger partial charge on any atom is -0.490 e. The first-order chi connectivity index (χ1) is 8.43. The van der Waals surface area contributed by atoms with Crippen LogP contribution in [0.1, 0.15) is 25.0 Å². The molecular weight excluding hydrogens is 295 g/mol. The fourth-order valence-electron chi connectivity index (χ4n) is 1.23. The van der Waals surface area contributed by atoms with E-state index in [1.807, 2.05) is 26.0 Å². The predicted molar refractivity (Wildman–Crippen MR) is 71.2 cm³/mol. The fourth-order valence-corrected chi connectivity index (χ4v) is 2.03. The van der Waals surface area contributed by atoms with Crippen LogP contribution in [0.15, 0.2) is 0 Å². The molecule has 0 heterocycles. The lowest BCUT2D eigenvalue weighted by atomic mass is 10.1. The molecule has 0 aliphatic heterocycles. The van der Waals surface area contributed by atoms with Gasteiger partial charge in [0.15, 0.2) is 5.75 Å². The van der Waals surface area contributed by atoms with Crippen molar-refractivity contribution < 1.29 is 4.74 Å². The van der Waals surface area contributed by atoms with E-state index < -0.39 is 0 Å². The second kappa shape index (κ2) is 6.16. The molecule has 0 aromatic heterocycles. The summed E-state index contributed by atoms with van der Waals surface area (Å²) < 4.78 is 5.44. The molecule has 0 atom stereocenters. The van der Waals surface area contributed by atoms with E-state index in [4.69, 9.17) is 50.1 Å². The standard InChI is InChI=1S/C12H9Cl3N2O/c1-6(2)5-18-12-10(14)8(4-17)7(3-16)9(13)11(12)15/h6H,5H2,1-2H3. The molecule has 0 amide bonds. The first kappa shape index (κ1) is 14.9. The molecule has 94 valence electrons. The molecule has 0 fully saturated rings. The van der Waals surface area contributed by atoms with Crippen LogP contribution in [-0.2, 0) is 0 Å². The summed E-state index contributed by atoms with van der Waals surface area (Å²) in [5.41, 5.74) is -0.0570. The Labute approximate surface area is 120 Å². The number of benzene rings is 1. The summed E-state index contributed by atoms with van der Waals surface area (Å²) in [4.78, 5) is 0. The van der Waals surface area contributed by atoms with Gasteiger partial charge in [0.1, 0.15) is 22.2 Å². The summed E-state index contributed by atoms with van der Waals surface area (Å²) in [6.07, 6.45) is 0. The Morgan fingerprint density at radius 3 is 1.94 bits per heavy atom. The first-order valence-electron chi connectivity index (χ1n) is 5.07. The topological polar surface area (TPSA) is 56.8 Å². The monoisotopic (exact) mass is 302 g/mol. The molecule has 3 nitrogen and oxygen atoms in total. The van der Waals surface area contributed by atoms with Crippen molar-refractivity contribution >= 4 is 34.8 Å². The van der Waals surface area contributed by atoms with Gasteiger partial charge in [-0.3, -0.25) is 0 Å². The lowest BCUT2D eigenvalue weighted by Crippen LogP contribution is -2.06. The number of rotatable bonds is 3. The van der Waals surface area contributed by atoms with E-state index in [9.17, 15) is 0 Å². The van der Waals surface area contributed by atoms with Gasteiger partial charge in [-0.1, -0.05) is 48.7 Å². The van der Waals surface area contributed by atoms with Crippen molar-refractivity contribution in [2.75, 3.05) is 6.61 Å². The molecule has 0 N–H and O–H groups in total. The van der Waals surface area contributed by atoms with Crippen LogP contribution < -0.4 is 4.74 Å². The summed E-state index contributed by atoms with van der Waals surface area (Å²) in [5.74, 6) is 0.407. The Morgan fingerprint density at radius 1 is 1.00 bits per heavy atom. The van der Waals surface area contributed by atoms with Crippen molar-refractivity contribution in [3.05, 3.63) is 26.2 Å². The minimum absolute atomic E-state index is 0.0149. The van der Waals surface area contributed by atoms with Gasteiger partial charge in [-0.15, -0.1) is 0 Å². The van der Waals surface area contributed by atoms with Gasteiger partial charge in [-0.05, 0) is 5.92 Å². The van der Waals surface area contributed by atoms with Gasteiger partial charge in [0, 0.05) is 0 Å². The number of hydrogen-bond donors (Lipinski definition) is 0. The van der Waals surface area contributed by atoms with Gasteiger partial charge >= 0.3 is 0 Å². The summed E-state index contributed by atoms with van der Waals surface area (Å²) in [6.45, 7) is 4.29. The van der Waals surface area contributed by atoms with Crippen LogP contribution in [0.25, 0.3) is 0 Å². The van der Waals surface area contributed by atoms with Crippen LogP contribution in [0.2, 0.25) is 15.1 Å². The van der Waals surface area contributed by atoms with E-state index in [1.54, 1.807) is 0 Å². The van der Waals surface area contributed by atoms with Gasteiger partial charge in [0.25, 0.3) is 0 Å². The minimum atomic E-state index is -0.0361. The summed E-state index contributed by atoms with van der Waals surface area (Å²) in [7, 11) is 0. The van der Waals surface area contributed by atoms with Crippen LogP contribution in [-0.4, -0.2) is 6.61 Å². The van der Waals surface area contributed by atoms with Gasteiger partial charge in [-0.25, -0.2) is 0 Å². The molecule has 0 saturated heterocycles. The molecule has 0 aliphatic rings. The number of ether oxygens (including phenoxy) is 1. The fraction of sp³-hybridized carbons (Fsp3) is 0.333. The van der Waals surface area contributed by atoms with Crippen molar-refractivity contribution in [3.63, 3.8) is 0 Å². The number of nitrogens with zero attached hydrogens (tertiary/aromatic N) is 2. The van der Waals surface area contributed by atoms with E-state index in [1.165, 1.54) is 0 Å². The lowest BCUT2D eigenvalue weighted by molar-refractivity contribution is 0.271. The molecule has 1 aromatic carbocycles. The molecule has 1 rings (SSSR count). The van der Waals surface area contributed by atoms with Gasteiger partial charge < -0.3 is 4.74 Å². The Morgan fingerprint density at radius 2 is 1.50 bits per heavy atom. The van der Waals surface area contributed by atoms with Crippen molar-refractivity contribution in [1.82, 2.24) is 0 Å². The van der Waals surface area contributed by atoms with Crippen LogP contribution in [0, 0.1) is 28.6 Å². The Kier molecular flexibility index (Phi) is 5.11. The molecule has 0 radical (unpaired) electrons. The highest BCUT2D eigenvalue weighted by Crippen LogP contribution is 2.43. The average Bonchev–Trinajstić information content (AvgIpc) is 2.32. The molecule has 18 heavy (non-hydrogen) atoms. The van der Waals surface area contributed by atoms with Crippen LogP contribution in [0.3, 0.4) is 0 Å². The van der Waals surface area contributed by atoms with Crippen molar-refractivity contribution in [1.29, 1.82) is 10.5 Å². The van der Waals surface area contributed by atoms with Gasteiger partial charge in [0.2, 0.25) is 0 Å². The normalized spacial score (nSPS) is 10.0. The zero-order chi connectivity index (χ0) is 13.9. The zero-order valence-corrected chi connectivity index (χ0v) is 12.0. The third-order valence-corrected chi connectivity index (χ3v) is 3.26. The smallest absolute Gasteiger partial charge is 0.159 e. The summed E-state index contributed by atoms with van der Waals surface area (Å²) in [6, 6.07) is 3.64. The number of hydrogen-bond acceptors (Lipinski definition) is 3. The Bertz CT molecular complexity index is 556. The predicted octanol–water partition coefficient (Wildman–Crippen LogP) is 4.42.